The maximum absolute atomic E-state index is 12.8. The van der Waals surface area contributed by atoms with E-state index in [4.69, 9.17) is 4.74 Å². The molecule has 1 aliphatic carbocycles. The molecule has 9 heteroatoms. The summed E-state index contributed by atoms with van der Waals surface area (Å²) in [4.78, 5) is 40.6. The lowest BCUT2D eigenvalue weighted by molar-refractivity contribution is 0.0597. The molecule has 5 rings (SSSR count). The van der Waals surface area contributed by atoms with Crippen LogP contribution in [0, 0.1) is 0 Å². The zero-order valence-corrected chi connectivity index (χ0v) is 18.1. The number of aryl methyl sites for hydroxylation is 1. The van der Waals surface area contributed by atoms with Crippen molar-refractivity contribution in [3.8, 4) is 0 Å². The Balaban J connectivity index is 1.37. The number of esters is 1. The zero-order valence-electron chi connectivity index (χ0n) is 18.1. The first-order chi connectivity index (χ1) is 15.6. The number of imidazole rings is 1. The molecular formula is C23H27N5O4. The molecule has 1 saturated carbocycles. The lowest BCUT2D eigenvalue weighted by atomic mass is 10.0. The van der Waals surface area contributed by atoms with Gasteiger partial charge in [-0.25, -0.2) is 9.59 Å². The number of carbonyl (C=O) groups is 2. The molecule has 1 fully saturated rings. The molecule has 32 heavy (non-hydrogen) atoms. The number of H-pyrrole nitrogens is 1. The van der Waals surface area contributed by atoms with Gasteiger partial charge in [-0.2, -0.15) is 5.10 Å². The fraction of sp³-hybridized carbons (Fsp3) is 0.478. The summed E-state index contributed by atoms with van der Waals surface area (Å²) in [5.41, 5.74) is 3.65. The smallest absolute Gasteiger partial charge is 0.341 e. The van der Waals surface area contributed by atoms with Crippen molar-refractivity contribution in [3.05, 3.63) is 51.2 Å². The first kappa shape index (κ1) is 20.5. The molecule has 0 radical (unpaired) electrons. The number of ether oxygens (including phenoxy) is 1. The fourth-order valence-corrected chi connectivity index (χ4v) is 5.07. The standard InChI is InChI=1S/C23H27N5O4/c1-32-22(30)20-17(26-27-11-5-4-8-19(20)27)13-24-21(29)14-9-10-18-16(12-14)25-23(31)28(18)15-6-2-3-7-15/h9-10,12,15H,2-8,11,13H2,1H3,(H,24,29)(H,25,31). The van der Waals surface area contributed by atoms with E-state index in [1.165, 1.54) is 7.11 Å². The number of fused-ring (bicyclic) bond motifs is 2. The number of nitrogens with zero attached hydrogens (tertiary/aromatic N) is 3. The van der Waals surface area contributed by atoms with Crippen LogP contribution in [0.25, 0.3) is 11.0 Å². The second kappa shape index (κ2) is 8.29. The third-order valence-corrected chi connectivity index (χ3v) is 6.64. The van der Waals surface area contributed by atoms with E-state index in [0.29, 0.717) is 22.3 Å². The van der Waals surface area contributed by atoms with Gasteiger partial charge in [-0.15, -0.1) is 0 Å². The normalized spacial score (nSPS) is 16.3. The summed E-state index contributed by atoms with van der Waals surface area (Å²) in [5.74, 6) is -0.715. The maximum atomic E-state index is 12.8. The summed E-state index contributed by atoms with van der Waals surface area (Å²) in [7, 11) is 1.35. The third-order valence-electron chi connectivity index (χ3n) is 6.64. The molecule has 9 nitrogen and oxygen atoms in total. The summed E-state index contributed by atoms with van der Waals surface area (Å²) < 4.78 is 8.62. The van der Waals surface area contributed by atoms with Crippen molar-refractivity contribution < 1.29 is 14.3 Å². The quantitative estimate of drug-likeness (QED) is 0.596. The van der Waals surface area contributed by atoms with Gasteiger partial charge in [0.1, 0.15) is 5.56 Å². The molecule has 2 aromatic heterocycles. The van der Waals surface area contributed by atoms with E-state index in [0.717, 1.165) is 62.7 Å². The Morgan fingerprint density at radius 3 is 2.81 bits per heavy atom. The van der Waals surface area contributed by atoms with E-state index in [9.17, 15) is 14.4 Å². The van der Waals surface area contributed by atoms with E-state index >= 15 is 0 Å². The van der Waals surface area contributed by atoms with Gasteiger partial charge in [-0.05, 0) is 50.3 Å². The van der Waals surface area contributed by atoms with Crippen LogP contribution in [0.2, 0.25) is 0 Å². The molecule has 0 saturated heterocycles. The van der Waals surface area contributed by atoms with E-state index in [2.05, 4.69) is 15.4 Å². The highest BCUT2D eigenvalue weighted by molar-refractivity contribution is 5.97. The Morgan fingerprint density at radius 1 is 1.22 bits per heavy atom. The molecule has 1 amide bonds. The summed E-state index contributed by atoms with van der Waals surface area (Å²) in [6.07, 6.45) is 7.07. The van der Waals surface area contributed by atoms with Gasteiger partial charge in [0.25, 0.3) is 5.91 Å². The predicted octanol–water partition coefficient (Wildman–Crippen LogP) is 2.69. The van der Waals surface area contributed by atoms with Crippen molar-refractivity contribution in [1.29, 1.82) is 0 Å². The topological polar surface area (TPSA) is 111 Å². The minimum Gasteiger partial charge on any atom is -0.465 e. The third kappa shape index (κ3) is 3.51. The number of hydrogen-bond donors (Lipinski definition) is 2. The molecule has 3 heterocycles. The molecule has 0 bridgehead atoms. The van der Waals surface area contributed by atoms with Crippen LogP contribution >= 0.6 is 0 Å². The predicted molar refractivity (Wildman–Crippen MR) is 118 cm³/mol. The first-order valence-corrected chi connectivity index (χ1v) is 11.3. The van der Waals surface area contributed by atoms with Crippen molar-refractivity contribution >= 4 is 22.9 Å². The molecule has 1 aromatic carbocycles. The van der Waals surface area contributed by atoms with Crippen LogP contribution in [-0.4, -0.2) is 38.3 Å². The van der Waals surface area contributed by atoms with Gasteiger partial charge in [-0.1, -0.05) is 12.8 Å². The zero-order chi connectivity index (χ0) is 22.2. The molecule has 2 aliphatic rings. The van der Waals surface area contributed by atoms with Crippen LogP contribution in [0.5, 0.6) is 0 Å². The minimum absolute atomic E-state index is 0.126. The molecule has 0 atom stereocenters. The van der Waals surface area contributed by atoms with E-state index in [1.54, 1.807) is 12.1 Å². The molecule has 0 spiro atoms. The van der Waals surface area contributed by atoms with Crippen molar-refractivity contribution in [2.45, 2.75) is 64.1 Å². The number of hydrogen-bond acceptors (Lipinski definition) is 5. The van der Waals surface area contributed by atoms with Crippen LogP contribution in [0.4, 0.5) is 0 Å². The Labute approximate surface area is 184 Å². The highest BCUT2D eigenvalue weighted by atomic mass is 16.5. The summed E-state index contributed by atoms with van der Waals surface area (Å²) in [6, 6.07) is 5.49. The fourth-order valence-electron chi connectivity index (χ4n) is 5.07. The van der Waals surface area contributed by atoms with Gasteiger partial charge in [0.15, 0.2) is 0 Å². The van der Waals surface area contributed by atoms with Crippen molar-refractivity contribution in [2.75, 3.05) is 7.11 Å². The van der Waals surface area contributed by atoms with Gasteiger partial charge in [0.2, 0.25) is 0 Å². The minimum atomic E-state index is -0.426. The first-order valence-electron chi connectivity index (χ1n) is 11.3. The summed E-state index contributed by atoms with van der Waals surface area (Å²) in [6.45, 7) is 0.885. The number of aromatic amines is 1. The van der Waals surface area contributed by atoms with Crippen molar-refractivity contribution in [2.24, 2.45) is 0 Å². The molecule has 1 aliphatic heterocycles. The molecule has 2 N–H and O–H groups in total. The molecule has 168 valence electrons. The van der Waals surface area contributed by atoms with Crippen LogP contribution < -0.4 is 11.0 Å². The summed E-state index contributed by atoms with van der Waals surface area (Å²) in [5, 5.41) is 7.41. The number of methoxy groups -OCH3 is 1. The van der Waals surface area contributed by atoms with Gasteiger partial charge < -0.3 is 15.0 Å². The Hall–Kier alpha value is -3.36. The molecular weight excluding hydrogens is 410 g/mol. The van der Waals surface area contributed by atoms with E-state index in [-0.39, 0.29) is 24.2 Å². The molecule has 3 aromatic rings. The van der Waals surface area contributed by atoms with Crippen LogP contribution in [0.15, 0.2) is 23.0 Å². The number of carbonyl (C=O) groups excluding carboxylic acids is 2. The second-order valence-electron chi connectivity index (χ2n) is 8.59. The lowest BCUT2D eigenvalue weighted by Crippen LogP contribution is -2.24. The van der Waals surface area contributed by atoms with E-state index in [1.807, 2.05) is 15.3 Å². The van der Waals surface area contributed by atoms with Crippen molar-refractivity contribution in [3.63, 3.8) is 0 Å². The van der Waals surface area contributed by atoms with Crippen LogP contribution in [0.1, 0.15) is 76.7 Å². The highest BCUT2D eigenvalue weighted by Gasteiger charge is 2.26. The largest absolute Gasteiger partial charge is 0.465 e. The van der Waals surface area contributed by atoms with Gasteiger partial charge in [0.05, 0.1) is 36.1 Å². The number of rotatable bonds is 5. The number of nitrogens with one attached hydrogen (secondary N) is 2. The second-order valence-corrected chi connectivity index (χ2v) is 8.59. The number of benzene rings is 1. The van der Waals surface area contributed by atoms with Gasteiger partial charge in [0, 0.05) is 18.2 Å². The van der Waals surface area contributed by atoms with E-state index < -0.39 is 5.97 Å². The average Bonchev–Trinajstić information content (AvgIpc) is 3.52. The number of aromatic nitrogens is 4. The maximum Gasteiger partial charge on any atom is 0.341 e. The van der Waals surface area contributed by atoms with Gasteiger partial charge >= 0.3 is 11.7 Å². The lowest BCUT2D eigenvalue weighted by Gasteiger charge is -2.13. The highest BCUT2D eigenvalue weighted by Crippen LogP contribution is 2.30. The van der Waals surface area contributed by atoms with Crippen LogP contribution in [-0.2, 0) is 24.2 Å². The van der Waals surface area contributed by atoms with Crippen LogP contribution in [0.3, 0.4) is 0 Å². The van der Waals surface area contributed by atoms with Gasteiger partial charge in [-0.3, -0.25) is 14.0 Å². The SMILES string of the molecule is COC(=O)c1c(CNC(=O)c2ccc3c(c2)[nH]c(=O)n3C2CCCC2)nn2c1CCCC2. The monoisotopic (exact) mass is 437 g/mol. The average molecular weight is 438 g/mol. The Bertz CT molecular complexity index is 1250. The Morgan fingerprint density at radius 2 is 2.03 bits per heavy atom. The van der Waals surface area contributed by atoms with Crippen molar-refractivity contribution in [1.82, 2.24) is 24.6 Å². The Kier molecular flexibility index (Phi) is 5.32. The number of amides is 1. The summed E-state index contributed by atoms with van der Waals surface area (Å²) >= 11 is 0. The molecule has 0 unspecified atom stereocenters.